The molecule has 0 aliphatic heterocycles. The topological polar surface area (TPSA) is 46.3 Å². The standard InChI is InChI=1S/C16H21N3O/c1-3-10-15-12-7-8-13-16(15)11-6-4-5-9-14-17-18-19-20-2/h4-9,12-14H,3,10-11H2,1-2H3/b6-4+,9-5+,17-14+,19-18+. The van der Waals surface area contributed by atoms with Crippen molar-refractivity contribution >= 4 is 6.21 Å². The van der Waals surface area contributed by atoms with Gasteiger partial charge in [0, 0.05) is 5.28 Å². The summed E-state index contributed by atoms with van der Waals surface area (Å²) in [6.45, 7) is 2.20. The van der Waals surface area contributed by atoms with Crippen LogP contribution in [0.5, 0.6) is 0 Å². The quantitative estimate of drug-likeness (QED) is 0.301. The molecular weight excluding hydrogens is 250 g/mol. The molecule has 4 heteroatoms. The highest BCUT2D eigenvalue weighted by Crippen LogP contribution is 2.12. The smallest absolute Gasteiger partial charge is 0.108 e. The zero-order chi connectivity index (χ0) is 14.5. The lowest BCUT2D eigenvalue weighted by molar-refractivity contribution is 0.186. The van der Waals surface area contributed by atoms with Gasteiger partial charge in [-0.25, -0.2) is 0 Å². The van der Waals surface area contributed by atoms with Gasteiger partial charge in [0.05, 0.1) is 6.21 Å². The van der Waals surface area contributed by atoms with Crippen LogP contribution in [0.1, 0.15) is 24.5 Å². The molecule has 0 amide bonds. The summed E-state index contributed by atoms with van der Waals surface area (Å²) >= 11 is 0. The minimum absolute atomic E-state index is 0.945. The second-order valence-electron chi connectivity index (χ2n) is 4.15. The van der Waals surface area contributed by atoms with E-state index >= 15 is 0 Å². The third-order valence-electron chi connectivity index (χ3n) is 2.66. The predicted molar refractivity (Wildman–Crippen MR) is 82.8 cm³/mol. The first kappa shape index (κ1) is 15.8. The van der Waals surface area contributed by atoms with Gasteiger partial charge in [0.15, 0.2) is 0 Å². The van der Waals surface area contributed by atoms with E-state index in [9.17, 15) is 0 Å². The van der Waals surface area contributed by atoms with Crippen molar-refractivity contribution in [3.8, 4) is 0 Å². The molecule has 0 aliphatic rings. The molecule has 1 aromatic carbocycles. The van der Waals surface area contributed by atoms with Crippen LogP contribution in [0.15, 0.2) is 64.2 Å². The van der Waals surface area contributed by atoms with Crippen LogP contribution in [0.2, 0.25) is 0 Å². The fourth-order valence-electron chi connectivity index (χ4n) is 1.78. The maximum atomic E-state index is 4.37. The third kappa shape index (κ3) is 6.64. The average molecular weight is 271 g/mol. The molecule has 0 bridgehead atoms. The van der Waals surface area contributed by atoms with E-state index in [1.165, 1.54) is 24.7 Å². The molecule has 0 fully saturated rings. The van der Waals surface area contributed by atoms with Crippen LogP contribution in [0.3, 0.4) is 0 Å². The van der Waals surface area contributed by atoms with Gasteiger partial charge < -0.3 is 4.84 Å². The Morgan fingerprint density at radius 2 is 1.90 bits per heavy atom. The third-order valence-corrected chi connectivity index (χ3v) is 2.66. The van der Waals surface area contributed by atoms with E-state index < -0.39 is 0 Å². The van der Waals surface area contributed by atoms with Gasteiger partial charge in [-0.05, 0) is 35.3 Å². The molecule has 0 spiro atoms. The lowest BCUT2D eigenvalue weighted by Gasteiger charge is -2.05. The Labute approximate surface area is 120 Å². The molecular formula is C16H21N3O. The summed E-state index contributed by atoms with van der Waals surface area (Å²) < 4.78 is 0. The maximum absolute atomic E-state index is 4.37. The number of nitrogens with zero attached hydrogens (tertiary/aromatic N) is 3. The van der Waals surface area contributed by atoms with Crippen LogP contribution < -0.4 is 0 Å². The largest absolute Gasteiger partial charge is 0.381 e. The number of rotatable bonds is 8. The molecule has 0 atom stereocenters. The molecule has 0 aromatic heterocycles. The number of hydrogen-bond acceptors (Lipinski definition) is 3. The van der Waals surface area contributed by atoms with Gasteiger partial charge in [0.2, 0.25) is 0 Å². The zero-order valence-corrected chi connectivity index (χ0v) is 12.1. The van der Waals surface area contributed by atoms with Gasteiger partial charge in [0.25, 0.3) is 0 Å². The molecule has 0 aliphatic carbocycles. The van der Waals surface area contributed by atoms with Gasteiger partial charge in [-0.2, -0.15) is 0 Å². The van der Waals surface area contributed by atoms with Crippen molar-refractivity contribution in [3.05, 3.63) is 59.7 Å². The van der Waals surface area contributed by atoms with Crippen molar-refractivity contribution in [2.24, 2.45) is 15.6 Å². The fourth-order valence-corrected chi connectivity index (χ4v) is 1.78. The van der Waals surface area contributed by atoms with Gasteiger partial charge in [-0.15, -0.1) is 5.10 Å². The van der Waals surface area contributed by atoms with Crippen molar-refractivity contribution in [1.29, 1.82) is 0 Å². The molecule has 1 aromatic rings. The van der Waals surface area contributed by atoms with Gasteiger partial charge >= 0.3 is 0 Å². The summed E-state index contributed by atoms with van der Waals surface area (Å²) in [5, 5.41) is 10.3. The van der Waals surface area contributed by atoms with Crippen LogP contribution in [0.25, 0.3) is 0 Å². The lowest BCUT2D eigenvalue weighted by Crippen LogP contribution is -1.91. The summed E-state index contributed by atoms with van der Waals surface area (Å²) in [5.74, 6) is 0. The Morgan fingerprint density at radius 3 is 2.65 bits per heavy atom. The average Bonchev–Trinajstić information content (AvgIpc) is 2.47. The second-order valence-corrected chi connectivity index (χ2v) is 4.15. The molecule has 0 unspecified atom stereocenters. The Morgan fingerprint density at radius 1 is 1.10 bits per heavy atom. The molecule has 0 heterocycles. The van der Waals surface area contributed by atoms with Crippen LogP contribution in [-0.2, 0) is 17.7 Å². The minimum Gasteiger partial charge on any atom is -0.381 e. The minimum atomic E-state index is 0.945. The number of benzene rings is 1. The van der Waals surface area contributed by atoms with E-state index in [0.29, 0.717) is 0 Å². The van der Waals surface area contributed by atoms with E-state index in [1.807, 2.05) is 12.2 Å². The molecule has 0 radical (unpaired) electrons. The van der Waals surface area contributed by atoms with Crippen molar-refractivity contribution in [2.75, 3.05) is 7.11 Å². The van der Waals surface area contributed by atoms with E-state index in [1.54, 1.807) is 12.3 Å². The summed E-state index contributed by atoms with van der Waals surface area (Å²) in [5.41, 5.74) is 2.83. The van der Waals surface area contributed by atoms with E-state index in [0.717, 1.165) is 12.8 Å². The van der Waals surface area contributed by atoms with E-state index in [4.69, 9.17) is 0 Å². The fraction of sp³-hybridized carbons (Fsp3) is 0.312. The first-order valence-electron chi connectivity index (χ1n) is 6.73. The van der Waals surface area contributed by atoms with Crippen LogP contribution in [0, 0.1) is 0 Å². The predicted octanol–water partition coefficient (Wildman–Crippen LogP) is 4.29. The summed E-state index contributed by atoms with van der Waals surface area (Å²) in [4.78, 5) is 4.37. The molecule has 1 rings (SSSR count). The Kier molecular flexibility index (Phi) is 8.44. The van der Waals surface area contributed by atoms with E-state index in [2.05, 4.69) is 57.7 Å². The highest BCUT2D eigenvalue weighted by atomic mass is 16.6. The van der Waals surface area contributed by atoms with Gasteiger partial charge in [-0.3, -0.25) is 0 Å². The van der Waals surface area contributed by atoms with Crippen LogP contribution in [0.4, 0.5) is 0 Å². The van der Waals surface area contributed by atoms with E-state index in [-0.39, 0.29) is 0 Å². The second kappa shape index (κ2) is 10.7. The first-order chi connectivity index (χ1) is 9.88. The monoisotopic (exact) mass is 271 g/mol. The SMILES string of the molecule is CCCc1ccccc1C/C=C/C=C/C=N/N=N/OC. The number of aryl methyl sites for hydroxylation is 1. The molecule has 4 nitrogen and oxygen atoms in total. The van der Waals surface area contributed by atoms with Crippen molar-refractivity contribution in [2.45, 2.75) is 26.2 Å². The zero-order valence-electron chi connectivity index (χ0n) is 12.1. The Bertz CT molecular complexity index is 490. The van der Waals surface area contributed by atoms with Crippen LogP contribution >= 0.6 is 0 Å². The summed E-state index contributed by atoms with van der Waals surface area (Å²) in [6.07, 6.45) is 12.7. The maximum Gasteiger partial charge on any atom is 0.108 e. The molecule has 0 saturated carbocycles. The first-order valence-corrected chi connectivity index (χ1v) is 6.73. The van der Waals surface area contributed by atoms with Gasteiger partial charge in [-0.1, -0.05) is 55.8 Å². The highest BCUT2D eigenvalue weighted by molar-refractivity contribution is 5.71. The summed E-state index contributed by atoms with van der Waals surface area (Å²) in [7, 11) is 1.42. The van der Waals surface area contributed by atoms with Crippen molar-refractivity contribution in [1.82, 2.24) is 0 Å². The molecule has 0 N–H and O–H groups in total. The molecule has 106 valence electrons. The highest BCUT2D eigenvalue weighted by Gasteiger charge is 1.97. The van der Waals surface area contributed by atoms with Crippen molar-refractivity contribution in [3.63, 3.8) is 0 Å². The van der Waals surface area contributed by atoms with Crippen LogP contribution in [-0.4, -0.2) is 13.3 Å². The summed E-state index contributed by atoms with van der Waals surface area (Å²) in [6, 6.07) is 8.58. The number of hydrogen-bond donors (Lipinski definition) is 0. The molecule has 20 heavy (non-hydrogen) atoms. The Hall–Kier alpha value is -2.23. The van der Waals surface area contributed by atoms with Gasteiger partial charge in [0.1, 0.15) is 7.11 Å². The number of allylic oxidation sites excluding steroid dienone is 4. The lowest BCUT2D eigenvalue weighted by atomic mass is 10.0. The van der Waals surface area contributed by atoms with Crippen molar-refractivity contribution < 1.29 is 4.84 Å². The Balaban J connectivity index is 2.43. The normalized spacial score (nSPS) is 12.3. The molecule has 0 saturated heterocycles.